The van der Waals surface area contributed by atoms with Crippen molar-refractivity contribution in [3.05, 3.63) is 34.9 Å². The van der Waals surface area contributed by atoms with Gasteiger partial charge >= 0.3 is 5.97 Å². The van der Waals surface area contributed by atoms with E-state index in [9.17, 15) is 9.00 Å². The van der Waals surface area contributed by atoms with Gasteiger partial charge in [-0.15, -0.1) is 0 Å². The SMILES string of the molecule is Cc1cccc(C)c1CCS(=N)(=O)CC[C@H](N)C(=O)O. The molecule has 6 heteroatoms. The average molecular weight is 298 g/mol. The molecule has 0 radical (unpaired) electrons. The number of benzene rings is 1. The lowest BCUT2D eigenvalue weighted by Gasteiger charge is -2.12. The summed E-state index contributed by atoms with van der Waals surface area (Å²) in [6, 6.07) is 4.92. The molecule has 0 fully saturated rings. The monoisotopic (exact) mass is 298 g/mol. The van der Waals surface area contributed by atoms with Crippen molar-refractivity contribution in [2.75, 3.05) is 11.5 Å². The van der Waals surface area contributed by atoms with Crippen LogP contribution in [0.4, 0.5) is 0 Å². The fourth-order valence-electron chi connectivity index (χ4n) is 2.05. The fourth-order valence-corrected chi connectivity index (χ4v) is 3.43. The van der Waals surface area contributed by atoms with Crippen LogP contribution < -0.4 is 5.73 Å². The van der Waals surface area contributed by atoms with E-state index in [-0.39, 0.29) is 17.9 Å². The molecule has 5 nitrogen and oxygen atoms in total. The van der Waals surface area contributed by atoms with Crippen molar-refractivity contribution < 1.29 is 14.1 Å². The topological polar surface area (TPSA) is 104 Å². The van der Waals surface area contributed by atoms with Crippen LogP contribution in [0.5, 0.6) is 0 Å². The predicted octanol–water partition coefficient (Wildman–Crippen LogP) is 1.69. The second kappa shape index (κ2) is 6.85. The van der Waals surface area contributed by atoms with Crippen LogP contribution in [0.25, 0.3) is 0 Å². The maximum Gasteiger partial charge on any atom is 0.320 e. The molecule has 1 unspecified atom stereocenters. The molecule has 1 aromatic carbocycles. The number of aryl methyl sites for hydroxylation is 2. The van der Waals surface area contributed by atoms with Gasteiger partial charge in [0, 0.05) is 21.2 Å². The molecule has 2 atom stereocenters. The number of carboxylic acids is 1. The summed E-state index contributed by atoms with van der Waals surface area (Å²) in [5.74, 6) is -0.842. The van der Waals surface area contributed by atoms with Crippen molar-refractivity contribution >= 4 is 15.7 Å². The van der Waals surface area contributed by atoms with Gasteiger partial charge in [0.2, 0.25) is 0 Å². The lowest BCUT2D eigenvalue weighted by Crippen LogP contribution is -2.32. The van der Waals surface area contributed by atoms with E-state index in [4.69, 9.17) is 15.6 Å². The zero-order valence-electron chi connectivity index (χ0n) is 11.9. The number of hydrogen-bond acceptors (Lipinski definition) is 4. The molecule has 0 saturated heterocycles. The van der Waals surface area contributed by atoms with Crippen molar-refractivity contribution in [3.8, 4) is 0 Å². The third kappa shape index (κ3) is 4.94. The number of nitrogens with two attached hydrogens (primary N) is 1. The second-order valence-electron chi connectivity index (χ2n) is 5.07. The Balaban J connectivity index is 2.62. The summed E-state index contributed by atoms with van der Waals surface area (Å²) in [4.78, 5) is 10.6. The first kappa shape index (κ1) is 16.7. The van der Waals surface area contributed by atoms with Crippen LogP contribution in [0, 0.1) is 18.6 Å². The minimum absolute atomic E-state index is 0.0331. The molecule has 0 saturated carbocycles. The normalized spacial score (nSPS) is 15.6. The first-order valence-electron chi connectivity index (χ1n) is 6.50. The molecule has 0 spiro atoms. The molecule has 0 aliphatic rings. The Kier molecular flexibility index (Phi) is 5.71. The number of rotatable bonds is 7. The van der Waals surface area contributed by atoms with Crippen LogP contribution >= 0.6 is 0 Å². The van der Waals surface area contributed by atoms with E-state index in [0.717, 1.165) is 16.7 Å². The van der Waals surface area contributed by atoms with Crippen molar-refractivity contribution in [2.45, 2.75) is 32.7 Å². The van der Waals surface area contributed by atoms with E-state index < -0.39 is 21.7 Å². The van der Waals surface area contributed by atoms with Crippen LogP contribution in [-0.2, 0) is 20.9 Å². The minimum atomic E-state index is -2.79. The smallest absolute Gasteiger partial charge is 0.320 e. The Labute approximate surface area is 120 Å². The highest BCUT2D eigenvalue weighted by Crippen LogP contribution is 2.15. The zero-order chi connectivity index (χ0) is 15.3. The summed E-state index contributed by atoms with van der Waals surface area (Å²) in [6.07, 6.45) is 0.646. The van der Waals surface area contributed by atoms with E-state index in [1.807, 2.05) is 32.0 Å². The fraction of sp³-hybridized carbons (Fsp3) is 0.500. The van der Waals surface area contributed by atoms with Gasteiger partial charge in [0.25, 0.3) is 0 Å². The van der Waals surface area contributed by atoms with Crippen molar-refractivity contribution in [2.24, 2.45) is 5.73 Å². The van der Waals surface area contributed by atoms with E-state index in [1.165, 1.54) is 0 Å². The van der Waals surface area contributed by atoms with Gasteiger partial charge in [-0.1, -0.05) is 18.2 Å². The molecular weight excluding hydrogens is 276 g/mol. The Morgan fingerprint density at radius 1 is 1.35 bits per heavy atom. The quantitative estimate of drug-likeness (QED) is 0.712. The Bertz CT molecular complexity index is 562. The molecule has 0 heterocycles. The molecule has 0 bridgehead atoms. The third-order valence-electron chi connectivity index (χ3n) is 3.40. The van der Waals surface area contributed by atoms with E-state index in [1.54, 1.807) is 0 Å². The molecule has 1 aromatic rings. The average Bonchev–Trinajstić information content (AvgIpc) is 2.35. The summed E-state index contributed by atoms with van der Waals surface area (Å²) in [5, 5.41) is 8.68. The molecule has 0 aliphatic carbocycles. The highest BCUT2D eigenvalue weighted by molar-refractivity contribution is 7.92. The van der Waals surface area contributed by atoms with Crippen molar-refractivity contribution in [1.82, 2.24) is 0 Å². The predicted molar refractivity (Wildman–Crippen MR) is 80.4 cm³/mol. The van der Waals surface area contributed by atoms with E-state index in [2.05, 4.69) is 0 Å². The first-order chi connectivity index (χ1) is 9.23. The molecule has 112 valence electrons. The first-order valence-corrected chi connectivity index (χ1v) is 8.40. The van der Waals surface area contributed by atoms with Gasteiger partial charge in [-0.05, 0) is 43.4 Å². The highest BCUT2D eigenvalue weighted by Gasteiger charge is 2.16. The number of nitrogens with one attached hydrogen (secondary N) is 1. The Hall–Kier alpha value is -1.40. The number of carboxylic acid groups (broad SMARTS) is 1. The molecule has 0 aromatic heterocycles. The summed E-state index contributed by atoms with van der Waals surface area (Å²) in [6.45, 7) is 3.99. The van der Waals surface area contributed by atoms with Crippen molar-refractivity contribution in [1.29, 1.82) is 4.78 Å². The van der Waals surface area contributed by atoms with E-state index >= 15 is 0 Å². The molecule has 0 aliphatic heterocycles. The van der Waals surface area contributed by atoms with Gasteiger partial charge in [-0.3, -0.25) is 9.57 Å². The lowest BCUT2D eigenvalue weighted by atomic mass is 10.0. The number of carbonyl (C=O) groups is 1. The molecule has 1 rings (SSSR count). The van der Waals surface area contributed by atoms with Crippen LogP contribution in [-0.4, -0.2) is 32.8 Å². The molecule has 0 amide bonds. The summed E-state index contributed by atoms with van der Waals surface area (Å²) in [7, 11) is -2.79. The minimum Gasteiger partial charge on any atom is -0.480 e. The summed E-state index contributed by atoms with van der Waals surface area (Å²) < 4.78 is 20.0. The van der Waals surface area contributed by atoms with Gasteiger partial charge in [-0.25, -0.2) is 4.21 Å². The Morgan fingerprint density at radius 3 is 2.40 bits per heavy atom. The van der Waals surface area contributed by atoms with E-state index in [0.29, 0.717) is 6.42 Å². The highest BCUT2D eigenvalue weighted by atomic mass is 32.2. The van der Waals surface area contributed by atoms with Gasteiger partial charge in [0.05, 0.1) is 0 Å². The van der Waals surface area contributed by atoms with Crippen LogP contribution in [0.1, 0.15) is 23.1 Å². The third-order valence-corrected chi connectivity index (χ3v) is 5.16. The van der Waals surface area contributed by atoms with Gasteiger partial charge in [0.1, 0.15) is 6.04 Å². The van der Waals surface area contributed by atoms with Gasteiger partial charge in [0.15, 0.2) is 0 Å². The van der Waals surface area contributed by atoms with Crippen LogP contribution in [0.15, 0.2) is 18.2 Å². The van der Waals surface area contributed by atoms with Gasteiger partial charge < -0.3 is 10.8 Å². The molecular formula is C14H22N2O3S. The maximum atomic E-state index is 12.1. The van der Waals surface area contributed by atoms with Gasteiger partial charge in [-0.2, -0.15) is 0 Å². The standard InChI is InChI=1S/C14H22N2O3S/c1-10-4-3-5-11(2)12(10)6-8-20(16,19)9-7-13(15)14(17)18/h3-5,13,16H,6-9,15H2,1-2H3,(H,17,18)/t13-,20?/m0/s1. The van der Waals surface area contributed by atoms with Crippen LogP contribution in [0.2, 0.25) is 0 Å². The largest absolute Gasteiger partial charge is 0.480 e. The molecule has 20 heavy (non-hydrogen) atoms. The summed E-state index contributed by atoms with van der Waals surface area (Å²) in [5.41, 5.74) is 8.75. The zero-order valence-corrected chi connectivity index (χ0v) is 12.7. The lowest BCUT2D eigenvalue weighted by molar-refractivity contribution is -0.138. The number of hydrogen-bond donors (Lipinski definition) is 3. The number of aliphatic carboxylic acids is 1. The Morgan fingerprint density at radius 2 is 1.90 bits per heavy atom. The van der Waals surface area contributed by atoms with Crippen molar-refractivity contribution in [3.63, 3.8) is 0 Å². The maximum absolute atomic E-state index is 12.1. The second-order valence-corrected chi connectivity index (χ2v) is 7.51. The molecule has 4 N–H and O–H groups in total. The summed E-state index contributed by atoms with van der Waals surface area (Å²) >= 11 is 0. The van der Waals surface area contributed by atoms with Crippen LogP contribution in [0.3, 0.4) is 0 Å².